The van der Waals surface area contributed by atoms with Gasteiger partial charge in [0.15, 0.2) is 0 Å². The lowest BCUT2D eigenvalue weighted by molar-refractivity contribution is 0.0611. The minimum atomic E-state index is -0.656. The van der Waals surface area contributed by atoms with Gasteiger partial charge in [0.1, 0.15) is 11.4 Å². The smallest absolute Gasteiger partial charge is 0.257 e. The quantitative estimate of drug-likeness (QED) is 0.943. The lowest BCUT2D eigenvalue weighted by Crippen LogP contribution is -2.53. The number of fused-ring (bicyclic) bond motifs is 1. The molecule has 4 heteroatoms. The number of rotatable bonds is 3. The Morgan fingerprint density at radius 3 is 2.59 bits per heavy atom. The summed E-state index contributed by atoms with van der Waals surface area (Å²) >= 11 is 0. The van der Waals surface area contributed by atoms with E-state index in [1.807, 2.05) is 69.4 Å². The highest BCUT2D eigenvalue weighted by Crippen LogP contribution is 2.40. The Morgan fingerprint density at radius 1 is 1.14 bits per heavy atom. The van der Waals surface area contributed by atoms with E-state index in [1.54, 1.807) is 4.90 Å². The second-order valence-corrected chi connectivity index (χ2v) is 5.54. The molecule has 1 heterocycles. The average molecular weight is 296 g/mol. The molecule has 0 bridgehead atoms. The predicted molar refractivity (Wildman–Crippen MR) is 87.1 cm³/mol. The third-order valence-electron chi connectivity index (χ3n) is 4.22. The Bertz CT molecular complexity index is 714. The molecule has 0 aromatic heterocycles. The van der Waals surface area contributed by atoms with Crippen LogP contribution in [-0.2, 0) is 5.66 Å². The van der Waals surface area contributed by atoms with Crippen LogP contribution in [0.3, 0.4) is 0 Å². The van der Waals surface area contributed by atoms with Gasteiger partial charge in [-0.15, -0.1) is 0 Å². The number of hydrogen-bond acceptors (Lipinski definition) is 3. The summed E-state index contributed by atoms with van der Waals surface area (Å²) in [6, 6.07) is 15.4. The summed E-state index contributed by atoms with van der Waals surface area (Å²) in [6.45, 7) is 4.54. The van der Waals surface area contributed by atoms with E-state index in [-0.39, 0.29) is 5.91 Å². The van der Waals surface area contributed by atoms with E-state index >= 15 is 0 Å². The first kappa shape index (κ1) is 14.4. The third-order valence-corrected chi connectivity index (χ3v) is 4.22. The largest absolute Gasteiger partial charge is 0.493 e. The van der Waals surface area contributed by atoms with Crippen LogP contribution in [0.2, 0.25) is 0 Å². The average Bonchev–Trinajstić information content (AvgIpc) is 2.54. The molecule has 0 saturated heterocycles. The Kier molecular flexibility index (Phi) is 3.53. The van der Waals surface area contributed by atoms with Gasteiger partial charge in [-0.25, -0.2) is 0 Å². The Morgan fingerprint density at radius 2 is 1.82 bits per heavy atom. The molecule has 0 aliphatic carbocycles. The van der Waals surface area contributed by atoms with Gasteiger partial charge in [-0.05, 0) is 32.0 Å². The lowest BCUT2D eigenvalue weighted by Gasteiger charge is -2.45. The molecular weight excluding hydrogens is 276 g/mol. The van der Waals surface area contributed by atoms with E-state index < -0.39 is 5.66 Å². The van der Waals surface area contributed by atoms with Crippen LogP contribution >= 0.6 is 0 Å². The zero-order valence-corrected chi connectivity index (χ0v) is 13.1. The predicted octanol–water partition coefficient (Wildman–Crippen LogP) is 3.46. The van der Waals surface area contributed by atoms with Crippen molar-refractivity contribution in [3.05, 3.63) is 59.7 Å². The van der Waals surface area contributed by atoms with E-state index in [2.05, 4.69) is 5.32 Å². The number of anilines is 1. The molecule has 1 aliphatic heterocycles. The van der Waals surface area contributed by atoms with E-state index in [1.165, 1.54) is 0 Å². The first-order valence-electron chi connectivity index (χ1n) is 7.45. The molecule has 1 aliphatic rings. The van der Waals surface area contributed by atoms with Crippen molar-refractivity contribution in [2.24, 2.45) is 0 Å². The Hall–Kier alpha value is -2.49. The van der Waals surface area contributed by atoms with Gasteiger partial charge in [-0.2, -0.15) is 0 Å². The van der Waals surface area contributed by atoms with Gasteiger partial charge in [-0.1, -0.05) is 30.3 Å². The molecule has 2 aromatic carbocycles. The van der Waals surface area contributed by atoms with Gasteiger partial charge >= 0.3 is 0 Å². The van der Waals surface area contributed by atoms with Crippen molar-refractivity contribution < 1.29 is 9.53 Å². The topological polar surface area (TPSA) is 41.6 Å². The summed E-state index contributed by atoms with van der Waals surface area (Å²) in [5, 5.41) is 3.49. The molecule has 2 aromatic rings. The number of nitrogens with one attached hydrogen (secondary N) is 1. The minimum Gasteiger partial charge on any atom is -0.493 e. The fraction of sp³-hybridized carbons (Fsp3) is 0.278. The van der Waals surface area contributed by atoms with Crippen LogP contribution in [0.5, 0.6) is 5.75 Å². The van der Waals surface area contributed by atoms with Crippen molar-refractivity contribution in [3.63, 3.8) is 0 Å². The molecule has 1 N–H and O–H groups in total. The molecule has 0 fully saturated rings. The third kappa shape index (κ3) is 2.11. The summed E-state index contributed by atoms with van der Waals surface area (Å²) in [5.74, 6) is 0.794. The second-order valence-electron chi connectivity index (χ2n) is 5.54. The SMILES string of the molecule is CCOc1ccccc1C1(C)Nc2ccccc2C(=O)N1C. The van der Waals surface area contributed by atoms with Crippen LogP contribution in [0, 0.1) is 0 Å². The molecule has 1 amide bonds. The molecular formula is C18H20N2O2. The van der Waals surface area contributed by atoms with Crippen LogP contribution in [-0.4, -0.2) is 24.5 Å². The Labute approximate surface area is 130 Å². The summed E-state index contributed by atoms with van der Waals surface area (Å²) in [5.41, 5.74) is 1.83. The number of para-hydroxylation sites is 2. The van der Waals surface area contributed by atoms with Crippen molar-refractivity contribution in [2.75, 3.05) is 19.0 Å². The van der Waals surface area contributed by atoms with Crippen molar-refractivity contribution in [3.8, 4) is 5.75 Å². The van der Waals surface area contributed by atoms with Gasteiger partial charge in [0.25, 0.3) is 5.91 Å². The van der Waals surface area contributed by atoms with E-state index in [0.717, 1.165) is 17.0 Å². The standard InChI is InChI=1S/C18H20N2O2/c1-4-22-16-12-8-6-10-14(16)18(2)19-15-11-7-5-9-13(15)17(21)20(18)3/h5-12,19H,4H2,1-3H3. The van der Waals surface area contributed by atoms with Crippen molar-refractivity contribution in [1.29, 1.82) is 0 Å². The van der Waals surface area contributed by atoms with Crippen LogP contribution in [0.25, 0.3) is 0 Å². The summed E-state index contributed by atoms with van der Waals surface area (Å²) in [7, 11) is 1.81. The molecule has 22 heavy (non-hydrogen) atoms. The number of carbonyl (C=O) groups excluding carboxylic acids is 1. The molecule has 0 spiro atoms. The molecule has 0 saturated carbocycles. The van der Waals surface area contributed by atoms with E-state index in [4.69, 9.17) is 4.74 Å². The lowest BCUT2D eigenvalue weighted by atomic mass is 9.93. The fourth-order valence-electron chi connectivity index (χ4n) is 2.91. The summed E-state index contributed by atoms with van der Waals surface area (Å²) in [4.78, 5) is 14.4. The van der Waals surface area contributed by atoms with Gasteiger partial charge in [0.05, 0.1) is 12.2 Å². The highest BCUT2D eigenvalue weighted by Gasteiger charge is 2.41. The van der Waals surface area contributed by atoms with Crippen LogP contribution in [0.1, 0.15) is 29.8 Å². The van der Waals surface area contributed by atoms with E-state index in [9.17, 15) is 4.79 Å². The fourth-order valence-corrected chi connectivity index (χ4v) is 2.91. The summed E-state index contributed by atoms with van der Waals surface area (Å²) < 4.78 is 5.75. The Balaban J connectivity index is 2.13. The first-order chi connectivity index (χ1) is 10.6. The zero-order chi connectivity index (χ0) is 15.7. The zero-order valence-electron chi connectivity index (χ0n) is 13.1. The van der Waals surface area contributed by atoms with Gasteiger partial charge < -0.3 is 15.0 Å². The van der Waals surface area contributed by atoms with Gasteiger partial charge in [0.2, 0.25) is 0 Å². The minimum absolute atomic E-state index is 0.00292. The van der Waals surface area contributed by atoms with E-state index in [0.29, 0.717) is 12.2 Å². The first-order valence-corrected chi connectivity index (χ1v) is 7.45. The highest BCUT2D eigenvalue weighted by molar-refractivity contribution is 6.02. The second kappa shape index (κ2) is 5.37. The number of ether oxygens (including phenoxy) is 1. The van der Waals surface area contributed by atoms with Crippen LogP contribution in [0.15, 0.2) is 48.5 Å². The highest BCUT2D eigenvalue weighted by atomic mass is 16.5. The normalized spacial score (nSPS) is 20.3. The number of amides is 1. The van der Waals surface area contributed by atoms with Crippen LogP contribution < -0.4 is 10.1 Å². The molecule has 1 unspecified atom stereocenters. The monoisotopic (exact) mass is 296 g/mol. The molecule has 0 radical (unpaired) electrons. The maximum atomic E-state index is 12.7. The molecule has 1 atom stereocenters. The summed E-state index contributed by atoms with van der Waals surface area (Å²) in [6.07, 6.45) is 0. The van der Waals surface area contributed by atoms with Crippen molar-refractivity contribution >= 4 is 11.6 Å². The number of nitrogens with zero attached hydrogens (tertiary/aromatic N) is 1. The molecule has 3 rings (SSSR count). The van der Waals surface area contributed by atoms with Crippen molar-refractivity contribution in [1.82, 2.24) is 4.90 Å². The number of hydrogen-bond donors (Lipinski definition) is 1. The number of benzene rings is 2. The van der Waals surface area contributed by atoms with Gasteiger partial charge in [-0.3, -0.25) is 4.79 Å². The van der Waals surface area contributed by atoms with Gasteiger partial charge in [0, 0.05) is 18.3 Å². The molecule has 4 nitrogen and oxygen atoms in total. The van der Waals surface area contributed by atoms with Crippen molar-refractivity contribution in [2.45, 2.75) is 19.5 Å². The maximum Gasteiger partial charge on any atom is 0.257 e. The molecule has 114 valence electrons. The maximum absolute atomic E-state index is 12.7. The number of carbonyl (C=O) groups is 1. The van der Waals surface area contributed by atoms with Crippen LogP contribution in [0.4, 0.5) is 5.69 Å².